The minimum atomic E-state index is -0.456. The number of morpholine rings is 1. The fourth-order valence-electron chi connectivity index (χ4n) is 2.98. The predicted octanol–water partition coefficient (Wildman–Crippen LogP) is 3.77. The van der Waals surface area contributed by atoms with E-state index in [1.54, 1.807) is 17.0 Å². The highest BCUT2D eigenvalue weighted by Gasteiger charge is 2.20. The summed E-state index contributed by atoms with van der Waals surface area (Å²) >= 11 is 1.43. The number of nitrogens with zero attached hydrogens (tertiary/aromatic N) is 1. The van der Waals surface area contributed by atoms with Crippen LogP contribution < -0.4 is 5.32 Å². The van der Waals surface area contributed by atoms with Crippen LogP contribution in [0.5, 0.6) is 0 Å². The zero-order valence-corrected chi connectivity index (χ0v) is 15.2. The molecule has 1 fully saturated rings. The number of carbonyl (C=O) groups excluding carboxylic acids is 2. The molecule has 5 nitrogen and oxygen atoms in total. The van der Waals surface area contributed by atoms with Gasteiger partial charge in [0.2, 0.25) is 0 Å². The predicted molar refractivity (Wildman–Crippen MR) is 103 cm³/mol. The number of hydrogen-bond donors (Lipinski definition) is 1. The summed E-state index contributed by atoms with van der Waals surface area (Å²) in [7, 11) is 0. The van der Waals surface area contributed by atoms with Gasteiger partial charge in [-0.2, -0.15) is 0 Å². The molecule has 0 bridgehead atoms. The molecule has 0 radical (unpaired) electrons. The van der Waals surface area contributed by atoms with E-state index in [-0.39, 0.29) is 17.4 Å². The van der Waals surface area contributed by atoms with Gasteiger partial charge in [0.15, 0.2) is 0 Å². The Labute approximate surface area is 159 Å². The number of rotatable bonds is 3. The number of fused-ring (bicyclic) bond motifs is 1. The van der Waals surface area contributed by atoms with Gasteiger partial charge in [-0.1, -0.05) is 6.07 Å². The Morgan fingerprint density at radius 1 is 1.07 bits per heavy atom. The molecule has 0 atom stereocenters. The highest BCUT2D eigenvalue weighted by atomic mass is 32.1. The zero-order chi connectivity index (χ0) is 18.8. The molecule has 7 heteroatoms. The minimum Gasteiger partial charge on any atom is -0.378 e. The highest BCUT2D eigenvalue weighted by molar-refractivity contribution is 7.20. The molecule has 2 amide bonds. The summed E-state index contributed by atoms with van der Waals surface area (Å²) < 4.78 is 19.5. The zero-order valence-electron chi connectivity index (χ0n) is 14.4. The SMILES string of the molecule is O=C(Nc1ccc2sc(C(=O)N3CCOCC3)cc2c1)c1cccc(F)c1. The first-order chi connectivity index (χ1) is 13.1. The minimum absolute atomic E-state index is 0.00449. The van der Waals surface area contributed by atoms with Crippen LogP contribution in [0.1, 0.15) is 20.0 Å². The van der Waals surface area contributed by atoms with Gasteiger partial charge in [-0.25, -0.2) is 4.39 Å². The van der Waals surface area contributed by atoms with E-state index >= 15 is 0 Å². The van der Waals surface area contributed by atoms with E-state index < -0.39 is 5.82 Å². The van der Waals surface area contributed by atoms with Crippen LogP contribution in [0.3, 0.4) is 0 Å². The normalized spacial score (nSPS) is 14.3. The molecule has 2 aromatic carbocycles. The topological polar surface area (TPSA) is 58.6 Å². The molecule has 3 aromatic rings. The maximum Gasteiger partial charge on any atom is 0.264 e. The van der Waals surface area contributed by atoms with Crippen LogP contribution in [0.25, 0.3) is 10.1 Å². The lowest BCUT2D eigenvalue weighted by atomic mass is 10.2. The van der Waals surface area contributed by atoms with Gasteiger partial charge < -0.3 is 15.0 Å². The van der Waals surface area contributed by atoms with Crippen LogP contribution in [0.4, 0.5) is 10.1 Å². The second kappa shape index (κ2) is 7.46. The van der Waals surface area contributed by atoms with Crippen LogP contribution in [0.15, 0.2) is 48.5 Å². The smallest absolute Gasteiger partial charge is 0.264 e. The Balaban J connectivity index is 1.54. The van der Waals surface area contributed by atoms with Gasteiger partial charge in [-0.05, 0) is 47.9 Å². The van der Waals surface area contributed by atoms with E-state index in [9.17, 15) is 14.0 Å². The van der Waals surface area contributed by atoms with Crippen molar-refractivity contribution in [2.75, 3.05) is 31.6 Å². The molecule has 1 aliphatic rings. The molecular weight excluding hydrogens is 367 g/mol. The Kier molecular flexibility index (Phi) is 4.87. The Morgan fingerprint density at radius 2 is 1.89 bits per heavy atom. The number of ether oxygens (including phenoxy) is 1. The highest BCUT2D eigenvalue weighted by Crippen LogP contribution is 2.29. The monoisotopic (exact) mass is 384 g/mol. The van der Waals surface area contributed by atoms with Gasteiger partial charge in [0.1, 0.15) is 5.82 Å². The number of amides is 2. The molecule has 1 aromatic heterocycles. The summed E-state index contributed by atoms with van der Waals surface area (Å²) in [5.74, 6) is -0.833. The van der Waals surface area contributed by atoms with Crippen molar-refractivity contribution in [2.45, 2.75) is 0 Å². The Bertz CT molecular complexity index is 1010. The van der Waals surface area contributed by atoms with Crippen molar-refractivity contribution < 1.29 is 18.7 Å². The summed E-state index contributed by atoms with van der Waals surface area (Å²) in [6.07, 6.45) is 0. The fraction of sp³-hybridized carbons (Fsp3) is 0.200. The van der Waals surface area contributed by atoms with E-state index in [1.807, 2.05) is 18.2 Å². The molecule has 27 heavy (non-hydrogen) atoms. The van der Waals surface area contributed by atoms with E-state index in [2.05, 4.69) is 5.32 Å². The first kappa shape index (κ1) is 17.6. The Morgan fingerprint density at radius 3 is 2.67 bits per heavy atom. The molecule has 2 heterocycles. The maximum absolute atomic E-state index is 13.3. The number of anilines is 1. The van der Waals surface area contributed by atoms with Gasteiger partial charge in [-0.15, -0.1) is 11.3 Å². The van der Waals surface area contributed by atoms with E-state index in [0.29, 0.717) is 36.9 Å². The summed E-state index contributed by atoms with van der Waals surface area (Å²) in [6, 6.07) is 12.8. The van der Waals surface area contributed by atoms with Gasteiger partial charge in [-0.3, -0.25) is 9.59 Å². The standard InChI is InChI=1S/C20H17FN2O3S/c21-15-3-1-2-13(10-15)19(24)22-16-4-5-17-14(11-16)12-18(27-17)20(25)23-6-8-26-9-7-23/h1-5,10-12H,6-9H2,(H,22,24). The van der Waals surface area contributed by atoms with E-state index in [1.165, 1.54) is 29.5 Å². The number of thiophene rings is 1. The third-order valence-electron chi connectivity index (χ3n) is 4.37. The van der Waals surface area contributed by atoms with E-state index in [4.69, 9.17) is 4.74 Å². The molecule has 1 saturated heterocycles. The second-order valence-electron chi connectivity index (χ2n) is 6.23. The molecular formula is C20H17FN2O3S. The van der Waals surface area contributed by atoms with Gasteiger partial charge in [0.25, 0.3) is 11.8 Å². The molecule has 0 aliphatic carbocycles. The van der Waals surface area contributed by atoms with Crippen LogP contribution in [-0.4, -0.2) is 43.0 Å². The van der Waals surface area contributed by atoms with Gasteiger partial charge >= 0.3 is 0 Å². The third-order valence-corrected chi connectivity index (χ3v) is 5.47. The van der Waals surface area contributed by atoms with Crippen molar-refractivity contribution in [2.24, 2.45) is 0 Å². The molecule has 0 saturated carbocycles. The van der Waals surface area contributed by atoms with Crippen LogP contribution >= 0.6 is 11.3 Å². The second-order valence-corrected chi connectivity index (χ2v) is 7.32. The largest absolute Gasteiger partial charge is 0.378 e. The van der Waals surface area contributed by atoms with Crippen molar-refractivity contribution in [3.05, 3.63) is 64.8 Å². The lowest BCUT2D eigenvalue weighted by Gasteiger charge is -2.26. The molecule has 1 aliphatic heterocycles. The van der Waals surface area contributed by atoms with Crippen molar-refractivity contribution >= 4 is 38.9 Å². The first-order valence-corrected chi connectivity index (χ1v) is 9.39. The number of benzene rings is 2. The summed E-state index contributed by atoms with van der Waals surface area (Å²) in [6.45, 7) is 2.32. The van der Waals surface area contributed by atoms with Crippen molar-refractivity contribution in [3.8, 4) is 0 Å². The van der Waals surface area contributed by atoms with E-state index in [0.717, 1.165) is 10.1 Å². The number of hydrogen-bond acceptors (Lipinski definition) is 4. The Hall–Kier alpha value is -2.77. The quantitative estimate of drug-likeness (QED) is 0.748. The average molecular weight is 384 g/mol. The van der Waals surface area contributed by atoms with Gasteiger partial charge in [0, 0.05) is 29.0 Å². The number of halogens is 1. The summed E-state index contributed by atoms with van der Waals surface area (Å²) in [5.41, 5.74) is 0.850. The summed E-state index contributed by atoms with van der Waals surface area (Å²) in [5, 5.41) is 3.65. The lowest BCUT2D eigenvalue weighted by Crippen LogP contribution is -2.40. The molecule has 1 N–H and O–H groups in total. The molecule has 138 valence electrons. The van der Waals surface area contributed by atoms with Crippen molar-refractivity contribution in [1.82, 2.24) is 4.90 Å². The lowest BCUT2D eigenvalue weighted by molar-refractivity contribution is 0.0306. The first-order valence-electron chi connectivity index (χ1n) is 8.58. The molecule has 4 rings (SSSR count). The number of carbonyl (C=O) groups is 2. The third kappa shape index (κ3) is 3.84. The van der Waals surface area contributed by atoms with Crippen molar-refractivity contribution in [3.63, 3.8) is 0 Å². The summed E-state index contributed by atoms with van der Waals surface area (Å²) in [4.78, 5) is 27.4. The number of nitrogens with one attached hydrogen (secondary N) is 1. The molecule has 0 spiro atoms. The van der Waals surface area contributed by atoms with Crippen LogP contribution in [0, 0.1) is 5.82 Å². The van der Waals surface area contributed by atoms with Gasteiger partial charge in [0.05, 0.1) is 18.1 Å². The fourth-order valence-corrected chi connectivity index (χ4v) is 3.99. The van der Waals surface area contributed by atoms with Crippen LogP contribution in [0.2, 0.25) is 0 Å². The maximum atomic E-state index is 13.3. The van der Waals surface area contributed by atoms with Crippen molar-refractivity contribution in [1.29, 1.82) is 0 Å². The molecule has 0 unspecified atom stereocenters. The average Bonchev–Trinajstić information content (AvgIpc) is 3.11. The van der Waals surface area contributed by atoms with Crippen LogP contribution in [-0.2, 0) is 4.74 Å².